The Hall–Kier alpha value is -0.0800. The molecule has 0 heterocycles. The number of nitrogens with zero attached hydrogens (tertiary/aromatic N) is 1. The summed E-state index contributed by atoms with van der Waals surface area (Å²) in [5.74, 6) is 0.756. The van der Waals surface area contributed by atoms with Crippen molar-refractivity contribution in [1.29, 1.82) is 0 Å². The molecule has 0 aromatic carbocycles. The van der Waals surface area contributed by atoms with E-state index >= 15 is 0 Å². The summed E-state index contributed by atoms with van der Waals surface area (Å²) >= 11 is 0. The van der Waals surface area contributed by atoms with Gasteiger partial charge in [0.1, 0.15) is 0 Å². The first-order valence-electron chi connectivity index (χ1n) is 6.42. The molecule has 0 rings (SSSR count). The van der Waals surface area contributed by atoms with Crippen LogP contribution in [0, 0.1) is 5.92 Å². The molecule has 1 atom stereocenters. The average Bonchev–Trinajstić information content (AvgIpc) is 2.14. The van der Waals surface area contributed by atoms with Gasteiger partial charge in [0.25, 0.3) is 0 Å². The van der Waals surface area contributed by atoms with Gasteiger partial charge in [-0.15, -0.1) is 0 Å². The Bertz CT molecular complexity index is 143. The average molecular weight is 214 g/mol. The van der Waals surface area contributed by atoms with Gasteiger partial charge in [0.2, 0.25) is 0 Å². The van der Waals surface area contributed by atoms with Crippen LogP contribution >= 0.6 is 0 Å². The summed E-state index contributed by atoms with van der Waals surface area (Å²) in [6, 6.07) is 1.30. The lowest BCUT2D eigenvalue weighted by Gasteiger charge is -2.31. The number of hydrogen-bond acceptors (Lipinski definition) is 2. The summed E-state index contributed by atoms with van der Waals surface area (Å²) in [4.78, 5) is 2.58. The minimum Gasteiger partial charge on any atom is -0.316 e. The van der Waals surface area contributed by atoms with Gasteiger partial charge in [-0.05, 0) is 33.2 Å². The second-order valence-corrected chi connectivity index (χ2v) is 5.22. The van der Waals surface area contributed by atoms with Crippen molar-refractivity contribution in [1.82, 2.24) is 10.2 Å². The maximum absolute atomic E-state index is 3.42. The predicted octanol–water partition coefficient (Wildman–Crippen LogP) is 2.74. The Morgan fingerprint density at radius 1 is 1.07 bits per heavy atom. The van der Waals surface area contributed by atoms with Crippen LogP contribution in [0.5, 0.6) is 0 Å². The van der Waals surface area contributed by atoms with Crippen molar-refractivity contribution in [2.24, 2.45) is 5.92 Å². The molecule has 0 fully saturated rings. The van der Waals surface area contributed by atoms with Crippen LogP contribution < -0.4 is 5.32 Å². The highest BCUT2D eigenvalue weighted by Gasteiger charge is 2.15. The number of nitrogens with one attached hydrogen (secondary N) is 1. The first-order valence-corrected chi connectivity index (χ1v) is 6.42. The molecule has 0 radical (unpaired) electrons. The maximum atomic E-state index is 3.42. The molecule has 2 heteroatoms. The monoisotopic (exact) mass is 214 g/mol. The molecule has 0 saturated carbocycles. The lowest BCUT2D eigenvalue weighted by molar-refractivity contribution is 0.176. The Labute approximate surface area is 96.4 Å². The molecule has 2 nitrogen and oxygen atoms in total. The molecule has 0 aromatic rings. The van der Waals surface area contributed by atoms with Crippen LogP contribution in [0.1, 0.15) is 47.5 Å². The zero-order valence-electron chi connectivity index (χ0n) is 11.5. The minimum atomic E-state index is 0.649. The van der Waals surface area contributed by atoms with Crippen molar-refractivity contribution in [2.45, 2.75) is 59.5 Å². The number of rotatable bonds is 8. The minimum absolute atomic E-state index is 0.649. The molecule has 0 aliphatic heterocycles. The van der Waals surface area contributed by atoms with Crippen molar-refractivity contribution in [2.75, 3.05) is 20.1 Å². The SMILES string of the molecule is CCCC(CN(CC(C)C)C(C)C)NC. The fourth-order valence-corrected chi connectivity index (χ4v) is 1.92. The van der Waals surface area contributed by atoms with Crippen LogP contribution in [-0.4, -0.2) is 37.1 Å². The lowest BCUT2D eigenvalue weighted by atomic mass is 10.1. The summed E-state index contributed by atoms with van der Waals surface area (Å²) < 4.78 is 0. The van der Waals surface area contributed by atoms with Gasteiger partial charge < -0.3 is 5.32 Å². The highest BCUT2D eigenvalue weighted by Crippen LogP contribution is 2.07. The zero-order valence-corrected chi connectivity index (χ0v) is 11.5. The predicted molar refractivity (Wildman–Crippen MR) is 69.3 cm³/mol. The van der Waals surface area contributed by atoms with E-state index in [4.69, 9.17) is 0 Å². The molecular weight excluding hydrogens is 184 g/mol. The van der Waals surface area contributed by atoms with E-state index in [0.29, 0.717) is 12.1 Å². The molecule has 0 saturated heterocycles. The van der Waals surface area contributed by atoms with Crippen LogP contribution in [-0.2, 0) is 0 Å². The molecule has 0 bridgehead atoms. The third kappa shape index (κ3) is 6.91. The molecule has 0 amide bonds. The van der Waals surface area contributed by atoms with Gasteiger partial charge in [-0.2, -0.15) is 0 Å². The van der Waals surface area contributed by atoms with Crippen LogP contribution in [0.25, 0.3) is 0 Å². The summed E-state index contributed by atoms with van der Waals surface area (Å²) in [6.45, 7) is 13.8. The standard InChI is InChI=1S/C13H30N2/c1-7-8-13(14-6)10-15(12(4)5)9-11(2)3/h11-14H,7-10H2,1-6H3. The first-order chi connectivity index (χ1) is 7.01. The largest absolute Gasteiger partial charge is 0.316 e. The van der Waals surface area contributed by atoms with Crippen molar-refractivity contribution < 1.29 is 0 Å². The molecule has 0 aromatic heterocycles. The molecule has 15 heavy (non-hydrogen) atoms. The molecule has 92 valence electrons. The van der Waals surface area contributed by atoms with Gasteiger partial charge in [-0.3, -0.25) is 4.90 Å². The smallest absolute Gasteiger partial charge is 0.0192 e. The second kappa shape index (κ2) is 8.12. The van der Waals surface area contributed by atoms with Gasteiger partial charge >= 0.3 is 0 Å². The normalized spacial score (nSPS) is 14.2. The van der Waals surface area contributed by atoms with Crippen LogP contribution in [0.3, 0.4) is 0 Å². The van der Waals surface area contributed by atoms with Crippen molar-refractivity contribution in [3.8, 4) is 0 Å². The zero-order chi connectivity index (χ0) is 11.8. The maximum Gasteiger partial charge on any atom is 0.0192 e. The number of likely N-dealkylation sites (N-methyl/N-ethyl adjacent to an activating group) is 1. The van der Waals surface area contributed by atoms with E-state index in [0.717, 1.165) is 5.92 Å². The summed E-state index contributed by atoms with van der Waals surface area (Å²) in [7, 11) is 2.08. The van der Waals surface area contributed by atoms with Gasteiger partial charge in [-0.25, -0.2) is 0 Å². The highest BCUT2D eigenvalue weighted by molar-refractivity contribution is 4.73. The van der Waals surface area contributed by atoms with E-state index in [2.05, 4.69) is 51.9 Å². The summed E-state index contributed by atoms with van der Waals surface area (Å²) in [5, 5.41) is 3.42. The van der Waals surface area contributed by atoms with Gasteiger partial charge in [-0.1, -0.05) is 27.2 Å². The van der Waals surface area contributed by atoms with E-state index in [-0.39, 0.29) is 0 Å². The van der Waals surface area contributed by atoms with Gasteiger partial charge in [0, 0.05) is 25.2 Å². The molecule has 0 aliphatic rings. The van der Waals surface area contributed by atoms with Crippen molar-refractivity contribution >= 4 is 0 Å². The van der Waals surface area contributed by atoms with E-state index in [1.54, 1.807) is 0 Å². The third-order valence-electron chi connectivity index (χ3n) is 2.83. The Balaban J connectivity index is 4.12. The Morgan fingerprint density at radius 3 is 2.00 bits per heavy atom. The molecule has 0 spiro atoms. The Kier molecular flexibility index (Phi) is 8.07. The van der Waals surface area contributed by atoms with E-state index in [1.807, 2.05) is 0 Å². The van der Waals surface area contributed by atoms with Gasteiger partial charge in [0.05, 0.1) is 0 Å². The topological polar surface area (TPSA) is 15.3 Å². The molecule has 1 unspecified atom stereocenters. The first kappa shape index (κ1) is 14.9. The van der Waals surface area contributed by atoms with Crippen molar-refractivity contribution in [3.63, 3.8) is 0 Å². The van der Waals surface area contributed by atoms with Gasteiger partial charge in [0.15, 0.2) is 0 Å². The van der Waals surface area contributed by atoms with Crippen LogP contribution in [0.15, 0.2) is 0 Å². The molecule has 1 N–H and O–H groups in total. The molecule has 0 aliphatic carbocycles. The second-order valence-electron chi connectivity index (χ2n) is 5.22. The summed E-state index contributed by atoms with van der Waals surface area (Å²) in [6.07, 6.45) is 2.54. The van der Waals surface area contributed by atoms with Crippen molar-refractivity contribution in [3.05, 3.63) is 0 Å². The van der Waals surface area contributed by atoms with E-state index in [9.17, 15) is 0 Å². The van der Waals surface area contributed by atoms with E-state index in [1.165, 1.54) is 25.9 Å². The number of hydrogen-bond donors (Lipinski definition) is 1. The quantitative estimate of drug-likeness (QED) is 0.668. The van der Waals surface area contributed by atoms with Crippen LogP contribution in [0.2, 0.25) is 0 Å². The summed E-state index contributed by atoms with van der Waals surface area (Å²) in [5.41, 5.74) is 0. The fourth-order valence-electron chi connectivity index (χ4n) is 1.92. The van der Waals surface area contributed by atoms with E-state index < -0.39 is 0 Å². The Morgan fingerprint density at radius 2 is 1.67 bits per heavy atom. The molecular formula is C13H30N2. The lowest BCUT2D eigenvalue weighted by Crippen LogP contribution is -2.44. The highest BCUT2D eigenvalue weighted by atomic mass is 15.2. The van der Waals surface area contributed by atoms with Crippen LogP contribution in [0.4, 0.5) is 0 Å². The fraction of sp³-hybridized carbons (Fsp3) is 1.00. The third-order valence-corrected chi connectivity index (χ3v) is 2.83.